The number of rotatable bonds is 4. The molecule has 3 aromatic rings. The highest BCUT2D eigenvalue weighted by Gasteiger charge is 2.34. The van der Waals surface area contributed by atoms with Crippen molar-refractivity contribution in [3.63, 3.8) is 0 Å². The van der Waals surface area contributed by atoms with E-state index < -0.39 is 11.7 Å². The summed E-state index contributed by atoms with van der Waals surface area (Å²) >= 11 is 0. The van der Waals surface area contributed by atoms with Crippen LogP contribution in [-0.2, 0) is 12.7 Å². The highest BCUT2D eigenvalue weighted by atomic mass is 19.4. The van der Waals surface area contributed by atoms with E-state index in [0.717, 1.165) is 17.2 Å². The first-order valence-corrected chi connectivity index (χ1v) is 9.14. The lowest BCUT2D eigenvalue weighted by atomic mass is 10.0. The monoisotopic (exact) mass is 398 g/mol. The zero-order chi connectivity index (χ0) is 21.2. The second-order valence-corrected chi connectivity index (χ2v) is 6.96. The Morgan fingerprint density at radius 3 is 2.38 bits per heavy atom. The smallest absolute Gasteiger partial charge is 0.304 e. The molecule has 150 valence electrons. The third kappa shape index (κ3) is 4.31. The molecule has 0 saturated heterocycles. The maximum absolute atomic E-state index is 13.5. The van der Waals surface area contributed by atoms with Gasteiger partial charge in [0.1, 0.15) is 0 Å². The largest absolute Gasteiger partial charge is 0.416 e. The quantitative estimate of drug-likeness (QED) is 0.550. The van der Waals surface area contributed by atoms with Crippen molar-refractivity contribution < 1.29 is 18.0 Å². The average molecular weight is 398 g/mol. The van der Waals surface area contributed by atoms with E-state index in [2.05, 4.69) is 4.98 Å². The van der Waals surface area contributed by atoms with Gasteiger partial charge in [0.2, 0.25) is 0 Å². The molecular formula is C23H21F3N2O. The fourth-order valence-corrected chi connectivity index (χ4v) is 3.26. The molecule has 0 N–H and O–H groups in total. The molecule has 6 heteroatoms. The van der Waals surface area contributed by atoms with Crippen LogP contribution in [0.2, 0.25) is 0 Å². The molecule has 0 bridgehead atoms. The molecule has 1 heterocycles. The summed E-state index contributed by atoms with van der Waals surface area (Å²) in [5, 5.41) is 0. The lowest BCUT2D eigenvalue weighted by Crippen LogP contribution is -2.32. The van der Waals surface area contributed by atoms with Crippen molar-refractivity contribution in [1.82, 2.24) is 4.98 Å². The van der Waals surface area contributed by atoms with Crippen LogP contribution < -0.4 is 4.90 Å². The first-order valence-electron chi connectivity index (χ1n) is 9.14. The van der Waals surface area contributed by atoms with Crippen LogP contribution in [0.3, 0.4) is 0 Å². The first-order chi connectivity index (χ1) is 13.7. The van der Waals surface area contributed by atoms with Crippen molar-refractivity contribution in [3.05, 3.63) is 94.3 Å². The fourth-order valence-electron chi connectivity index (χ4n) is 3.26. The molecule has 29 heavy (non-hydrogen) atoms. The number of hydrogen-bond acceptors (Lipinski definition) is 2. The summed E-state index contributed by atoms with van der Waals surface area (Å²) in [7, 11) is 0. The number of anilines is 1. The molecule has 1 amide bonds. The molecule has 3 nitrogen and oxygen atoms in total. The van der Waals surface area contributed by atoms with Crippen LogP contribution in [-0.4, -0.2) is 10.9 Å². The third-order valence-corrected chi connectivity index (χ3v) is 5.01. The Balaban J connectivity index is 2.14. The van der Waals surface area contributed by atoms with Crippen LogP contribution in [0, 0.1) is 20.8 Å². The minimum atomic E-state index is -4.50. The molecule has 0 spiro atoms. The van der Waals surface area contributed by atoms with Gasteiger partial charge in [-0.3, -0.25) is 9.78 Å². The number of benzene rings is 2. The van der Waals surface area contributed by atoms with Gasteiger partial charge in [0, 0.05) is 23.6 Å². The number of alkyl halides is 3. The summed E-state index contributed by atoms with van der Waals surface area (Å²) in [6.07, 6.45) is -1.43. The van der Waals surface area contributed by atoms with Gasteiger partial charge in [-0.25, -0.2) is 0 Å². The maximum atomic E-state index is 13.5. The molecule has 0 aliphatic carbocycles. The van der Waals surface area contributed by atoms with E-state index in [4.69, 9.17) is 0 Å². The van der Waals surface area contributed by atoms with Gasteiger partial charge < -0.3 is 4.90 Å². The summed E-state index contributed by atoms with van der Waals surface area (Å²) in [5.74, 6) is -0.365. The van der Waals surface area contributed by atoms with Gasteiger partial charge in [-0.2, -0.15) is 13.2 Å². The summed E-state index contributed by atoms with van der Waals surface area (Å²) < 4.78 is 40.6. The van der Waals surface area contributed by atoms with Gasteiger partial charge in [-0.1, -0.05) is 30.3 Å². The van der Waals surface area contributed by atoms with E-state index in [1.54, 1.807) is 37.4 Å². The van der Waals surface area contributed by atoms with Crippen molar-refractivity contribution in [2.45, 2.75) is 33.5 Å². The molecule has 0 fully saturated rings. The number of amides is 1. The lowest BCUT2D eigenvalue weighted by molar-refractivity contribution is -0.138. The Morgan fingerprint density at radius 1 is 0.966 bits per heavy atom. The van der Waals surface area contributed by atoms with Crippen LogP contribution in [0.1, 0.15) is 38.2 Å². The molecule has 1 aromatic heterocycles. The second-order valence-electron chi connectivity index (χ2n) is 6.96. The molecule has 0 aliphatic rings. The van der Waals surface area contributed by atoms with E-state index in [0.29, 0.717) is 16.8 Å². The van der Waals surface area contributed by atoms with E-state index in [1.807, 2.05) is 19.9 Å². The summed E-state index contributed by atoms with van der Waals surface area (Å²) in [5.41, 5.74) is 2.76. The predicted octanol–water partition coefficient (Wildman–Crippen LogP) is 5.87. The van der Waals surface area contributed by atoms with Gasteiger partial charge in [-0.05, 0) is 61.2 Å². The Labute approximate surface area is 167 Å². The van der Waals surface area contributed by atoms with Gasteiger partial charge >= 0.3 is 6.18 Å². The lowest BCUT2D eigenvalue weighted by Gasteiger charge is -2.27. The molecule has 2 aromatic carbocycles. The number of nitrogens with zero attached hydrogens (tertiary/aromatic N) is 2. The number of hydrogen-bond donors (Lipinski definition) is 0. The van der Waals surface area contributed by atoms with Crippen molar-refractivity contribution >= 4 is 11.6 Å². The Morgan fingerprint density at radius 2 is 1.69 bits per heavy atom. The van der Waals surface area contributed by atoms with Gasteiger partial charge in [-0.15, -0.1) is 0 Å². The number of carbonyl (C=O) groups is 1. The highest BCUT2D eigenvalue weighted by molar-refractivity contribution is 6.07. The van der Waals surface area contributed by atoms with E-state index in [-0.39, 0.29) is 18.0 Å². The minimum absolute atomic E-state index is 0.0426. The highest BCUT2D eigenvalue weighted by Crippen LogP contribution is 2.34. The standard InChI is InChI=1S/C23H21F3N2O/c1-15-7-6-10-21(17(15)3)28(22(29)19-11-12-27-13-16(19)2)14-18-8-4-5-9-20(18)23(24,25)26/h4-13H,14H2,1-3H3. The number of aryl methyl sites for hydroxylation is 2. The van der Waals surface area contributed by atoms with Crippen molar-refractivity contribution in [3.8, 4) is 0 Å². The summed E-state index contributed by atoms with van der Waals surface area (Å²) in [4.78, 5) is 18.8. The first kappa shape index (κ1) is 20.6. The third-order valence-electron chi connectivity index (χ3n) is 5.01. The van der Waals surface area contributed by atoms with Gasteiger partial charge in [0.15, 0.2) is 0 Å². The molecule has 0 atom stereocenters. The molecule has 3 rings (SSSR count). The number of pyridine rings is 1. The number of carbonyl (C=O) groups excluding carboxylic acids is 1. The number of aromatic nitrogens is 1. The predicted molar refractivity (Wildman–Crippen MR) is 107 cm³/mol. The Kier molecular flexibility index (Phi) is 5.73. The molecule has 0 radical (unpaired) electrons. The van der Waals surface area contributed by atoms with Crippen LogP contribution in [0.5, 0.6) is 0 Å². The van der Waals surface area contributed by atoms with Crippen molar-refractivity contribution in [2.75, 3.05) is 4.90 Å². The van der Waals surface area contributed by atoms with Crippen LogP contribution in [0.4, 0.5) is 18.9 Å². The van der Waals surface area contributed by atoms with Gasteiger partial charge in [0.05, 0.1) is 12.1 Å². The van der Waals surface area contributed by atoms with Gasteiger partial charge in [0.25, 0.3) is 5.91 Å². The zero-order valence-corrected chi connectivity index (χ0v) is 16.4. The van der Waals surface area contributed by atoms with Crippen LogP contribution >= 0.6 is 0 Å². The second kappa shape index (κ2) is 8.07. The molecule has 0 unspecified atom stereocenters. The zero-order valence-electron chi connectivity index (χ0n) is 16.4. The van der Waals surface area contributed by atoms with Crippen LogP contribution in [0.15, 0.2) is 60.9 Å². The summed E-state index contributed by atoms with van der Waals surface area (Å²) in [6, 6.07) is 12.4. The molecule has 0 aliphatic heterocycles. The molecule has 0 saturated carbocycles. The maximum Gasteiger partial charge on any atom is 0.416 e. The fraction of sp³-hybridized carbons (Fsp3) is 0.217. The topological polar surface area (TPSA) is 33.2 Å². The van der Waals surface area contributed by atoms with E-state index in [9.17, 15) is 18.0 Å². The van der Waals surface area contributed by atoms with E-state index >= 15 is 0 Å². The molecular weight excluding hydrogens is 377 g/mol. The summed E-state index contributed by atoms with van der Waals surface area (Å²) in [6.45, 7) is 5.33. The SMILES string of the molecule is Cc1cnccc1C(=O)N(Cc1ccccc1C(F)(F)F)c1cccc(C)c1C. The van der Waals surface area contributed by atoms with Crippen molar-refractivity contribution in [2.24, 2.45) is 0 Å². The Bertz CT molecular complexity index is 1040. The van der Waals surface area contributed by atoms with Crippen LogP contribution in [0.25, 0.3) is 0 Å². The normalized spacial score (nSPS) is 11.4. The minimum Gasteiger partial charge on any atom is -0.304 e. The van der Waals surface area contributed by atoms with Crippen molar-refractivity contribution in [1.29, 1.82) is 0 Å². The Hall–Kier alpha value is -3.15. The van der Waals surface area contributed by atoms with E-state index in [1.165, 1.54) is 23.2 Å². The average Bonchev–Trinajstić information content (AvgIpc) is 2.68. The number of halogens is 3.